The Hall–Kier alpha value is -0.950. The molecular weight excluding hydrogens is 262 g/mol. The first-order valence-electron chi connectivity index (χ1n) is 6.52. The Labute approximate surface area is 114 Å². The normalized spacial score (nSPS) is 15.9. The highest BCUT2D eigenvalue weighted by Crippen LogP contribution is 2.24. The summed E-state index contributed by atoms with van der Waals surface area (Å²) in [5.74, 6) is 0. The first-order valence-corrected chi connectivity index (χ1v) is 8.01. The van der Waals surface area contributed by atoms with Crippen LogP contribution >= 0.6 is 0 Å². The molecule has 106 valence electrons. The minimum absolute atomic E-state index is 0.221. The lowest BCUT2D eigenvalue weighted by Gasteiger charge is -2.16. The van der Waals surface area contributed by atoms with E-state index in [-0.39, 0.29) is 11.4 Å². The summed E-state index contributed by atoms with van der Waals surface area (Å²) in [5.41, 5.74) is 6.22. The predicted octanol–water partition coefficient (Wildman–Crippen LogP) is 0.518. The van der Waals surface area contributed by atoms with Crippen LogP contribution in [0.2, 0.25) is 0 Å². The van der Waals surface area contributed by atoms with Gasteiger partial charge in [0.2, 0.25) is 10.0 Å². The van der Waals surface area contributed by atoms with Crippen molar-refractivity contribution in [1.29, 1.82) is 0 Å². The van der Waals surface area contributed by atoms with Gasteiger partial charge in [0.05, 0.1) is 4.90 Å². The van der Waals surface area contributed by atoms with Gasteiger partial charge in [-0.3, -0.25) is 0 Å². The maximum Gasteiger partial charge on any atom is 0.240 e. The van der Waals surface area contributed by atoms with Crippen molar-refractivity contribution < 1.29 is 8.42 Å². The molecule has 1 aromatic carbocycles. The minimum Gasteiger partial charge on any atom is -0.326 e. The Balaban J connectivity index is 1.97. The molecule has 0 bridgehead atoms. The lowest BCUT2D eigenvalue weighted by Crippen LogP contribution is -2.34. The summed E-state index contributed by atoms with van der Waals surface area (Å²) >= 11 is 0. The zero-order chi connectivity index (χ0) is 13.9. The molecular formula is C13H21N3O2S. The number of rotatable bonds is 7. The topological polar surface area (TPSA) is 75.4 Å². The third kappa shape index (κ3) is 3.76. The Bertz CT molecular complexity index is 526. The molecule has 0 aliphatic heterocycles. The summed E-state index contributed by atoms with van der Waals surface area (Å²) in [6, 6.07) is 7.48. The Morgan fingerprint density at radius 2 is 2.05 bits per heavy atom. The average Bonchev–Trinajstić information content (AvgIpc) is 3.22. The number of likely N-dealkylation sites (N-methyl/N-ethyl adjacent to an activating group) is 1. The van der Waals surface area contributed by atoms with Gasteiger partial charge >= 0.3 is 0 Å². The molecule has 1 aliphatic rings. The maximum atomic E-state index is 12.2. The van der Waals surface area contributed by atoms with Crippen LogP contribution in [0.15, 0.2) is 29.2 Å². The lowest BCUT2D eigenvalue weighted by molar-refractivity contribution is 0.329. The van der Waals surface area contributed by atoms with Gasteiger partial charge in [-0.05, 0) is 31.5 Å². The fourth-order valence-electron chi connectivity index (χ4n) is 2.07. The van der Waals surface area contributed by atoms with E-state index in [0.717, 1.165) is 6.54 Å². The van der Waals surface area contributed by atoms with Crippen molar-refractivity contribution in [2.75, 3.05) is 20.1 Å². The molecule has 0 saturated heterocycles. The monoisotopic (exact) mass is 283 g/mol. The first-order chi connectivity index (χ1) is 9.04. The number of nitrogens with two attached hydrogens (primary N) is 1. The fraction of sp³-hybridized carbons (Fsp3) is 0.538. The van der Waals surface area contributed by atoms with Gasteiger partial charge in [0.1, 0.15) is 0 Å². The summed E-state index contributed by atoms with van der Waals surface area (Å²) in [6.07, 6.45) is 2.44. The second-order valence-electron chi connectivity index (χ2n) is 4.92. The molecule has 1 aromatic rings. The zero-order valence-electron chi connectivity index (χ0n) is 11.2. The number of benzene rings is 1. The van der Waals surface area contributed by atoms with Crippen molar-refractivity contribution in [2.45, 2.75) is 30.3 Å². The van der Waals surface area contributed by atoms with Gasteiger partial charge < -0.3 is 10.6 Å². The van der Waals surface area contributed by atoms with E-state index in [4.69, 9.17) is 5.73 Å². The molecule has 0 atom stereocenters. The Morgan fingerprint density at radius 3 is 2.68 bits per heavy atom. The molecule has 3 N–H and O–H groups in total. The van der Waals surface area contributed by atoms with Crippen LogP contribution in [0, 0.1) is 0 Å². The van der Waals surface area contributed by atoms with E-state index in [1.807, 2.05) is 7.05 Å². The lowest BCUT2D eigenvalue weighted by atomic mass is 10.2. The quantitative estimate of drug-likeness (QED) is 0.765. The van der Waals surface area contributed by atoms with Crippen LogP contribution in [0.25, 0.3) is 0 Å². The van der Waals surface area contributed by atoms with Crippen LogP contribution in [0.1, 0.15) is 18.4 Å². The van der Waals surface area contributed by atoms with E-state index in [9.17, 15) is 8.42 Å². The van der Waals surface area contributed by atoms with Crippen molar-refractivity contribution in [1.82, 2.24) is 9.62 Å². The summed E-state index contributed by atoms with van der Waals surface area (Å²) in [7, 11) is -1.43. The fourth-order valence-corrected chi connectivity index (χ4v) is 3.34. The number of hydrogen-bond donors (Lipinski definition) is 2. The van der Waals surface area contributed by atoms with E-state index < -0.39 is 10.0 Å². The SMILES string of the molecule is CN(CCNS(=O)(=O)c1ccccc1CN)C1CC1. The molecule has 6 heteroatoms. The summed E-state index contributed by atoms with van der Waals surface area (Å²) < 4.78 is 27.0. The van der Waals surface area contributed by atoms with Crippen LogP contribution in [0.5, 0.6) is 0 Å². The number of nitrogens with one attached hydrogen (secondary N) is 1. The van der Waals surface area contributed by atoms with Crippen LogP contribution in [-0.2, 0) is 16.6 Å². The van der Waals surface area contributed by atoms with E-state index in [1.54, 1.807) is 24.3 Å². The zero-order valence-corrected chi connectivity index (χ0v) is 12.0. The molecule has 1 saturated carbocycles. The molecule has 0 spiro atoms. The van der Waals surface area contributed by atoms with Gasteiger partial charge in [-0.1, -0.05) is 18.2 Å². The summed E-state index contributed by atoms with van der Waals surface area (Å²) in [6.45, 7) is 1.38. The summed E-state index contributed by atoms with van der Waals surface area (Å²) in [5, 5.41) is 0. The molecule has 5 nitrogen and oxygen atoms in total. The molecule has 1 fully saturated rings. The Morgan fingerprint density at radius 1 is 1.37 bits per heavy atom. The average molecular weight is 283 g/mol. The second kappa shape index (κ2) is 6.00. The van der Waals surface area contributed by atoms with Crippen molar-refractivity contribution >= 4 is 10.0 Å². The minimum atomic E-state index is -3.46. The number of nitrogens with zero attached hydrogens (tertiary/aromatic N) is 1. The van der Waals surface area contributed by atoms with E-state index in [2.05, 4.69) is 9.62 Å². The highest BCUT2D eigenvalue weighted by Gasteiger charge is 2.26. The van der Waals surface area contributed by atoms with Gasteiger partial charge in [0, 0.05) is 25.7 Å². The maximum absolute atomic E-state index is 12.2. The van der Waals surface area contributed by atoms with Gasteiger partial charge in [-0.15, -0.1) is 0 Å². The second-order valence-corrected chi connectivity index (χ2v) is 6.66. The van der Waals surface area contributed by atoms with Crippen molar-refractivity contribution in [2.24, 2.45) is 5.73 Å². The van der Waals surface area contributed by atoms with Gasteiger partial charge in [0.15, 0.2) is 0 Å². The highest BCUT2D eigenvalue weighted by molar-refractivity contribution is 7.89. The predicted molar refractivity (Wildman–Crippen MR) is 75.2 cm³/mol. The van der Waals surface area contributed by atoms with Crippen molar-refractivity contribution in [3.05, 3.63) is 29.8 Å². The van der Waals surface area contributed by atoms with Crippen molar-refractivity contribution in [3.63, 3.8) is 0 Å². The van der Waals surface area contributed by atoms with Crippen molar-refractivity contribution in [3.8, 4) is 0 Å². The highest BCUT2D eigenvalue weighted by atomic mass is 32.2. The molecule has 0 amide bonds. The van der Waals surface area contributed by atoms with E-state index in [0.29, 0.717) is 18.2 Å². The number of sulfonamides is 1. The van der Waals surface area contributed by atoms with E-state index in [1.165, 1.54) is 12.8 Å². The Kier molecular flexibility index (Phi) is 4.57. The third-order valence-electron chi connectivity index (χ3n) is 3.41. The first kappa shape index (κ1) is 14.5. The molecule has 0 unspecified atom stereocenters. The third-order valence-corrected chi connectivity index (χ3v) is 4.97. The molecule has 0 heterocycles. The molecule has 19 heavy (non-hydrogen) atoms. The largest absolute Gasteiger partial charge is 0.326 e. The van der Waals surface area contributed by atoms with Crippen LogP contribution in [0.3, 0.4) is 0 Å². The molecule has 0 aromatic heterocycles. The number of hydrogen-bond acceptors (Lipinski definition) is 4. The smallest absolute Gasteiger partial charge is 0.240 e. The molecule has 1 aliphatic carbocycles. The van der Waals surface area contributed by atoms with Gasteiger partial charge in [-0.25, -0.2) is 13.1 Å². The standard InChI is InChI=1S/C13H21N3O2S/c1-16(12-6-7-12)9-8-15-19(17,18)13-5-3-2-4-11(13)10-14/h2-5,12,15H,6-10,14H2,1H3. The molecule has 2 rings (SSSR count). The van der Waals surface area contributed by atoms with E-state index >= 15 is 0 Å². The van der Waals surface area contributed by atoms with Crippen LogP contribution < -0.4 is 10.5 Å². The van der Waals surface area contributed by atoms with Crippen LogP contribution in [0.4, 0.5) is 0 Å². The van der Waals surface area contributed by atoms with Crippen LogP contribution in [-0.4, -0.2) is 39.5 Å². The summed E-state index contributed by atoms with van der Waals surface area (Å²) in [4.78, 5) is 2.48. The van der Waals surface area contributed by atoms with Gasteiger partial charge in [-0.2, -0.15) is 0 Å². The molecule has 0 radical (unpaired) electrons. The van der Waals surface area contributed by atoms with Gasteiger partial charge in [0.25, 0.3) is 0 Å².